The van der Waals surface area contributed by atoms with Crippen LogP contribution in [0, 0.1) is 0 Å². The van der Waals surface area contributed by atoms with Crippen molar-refractivity contribution in [2.75, 3.05) is 0 Å². The Morgan fingerprint density at radius 2 is 1.67 bits per heavy atom. The van der Waals surface area contributed by atoms with Crippen molar-refractivity contribution in [2.45, 2.75) is 0 Å². The van der Waals surface area contributed by atoms with Crippen LogP contribution in [0.1, 0.15) is 0 Å². The van der Waals surface area contributed by atoms with E-state index in [4.69, 9.17) is 5.11 Å². The molecule has 0 amide bonds. The van der Waals surface area contributed by atoms with E-state index in [9.17, 15) is 0 Å². The molecule has 0 heterocycles. The van der Waals surface area contributed by atoms with Crippen LogP contribution in [-0.2, 0) is 0 Å². The number of hydrogen-bond donors (Lipinski definition) is 1. The summed E-state index contributed by atoms with van der Waals surface area (Å²) in [6.07, 6.45) is 0. The van der Waals surface area contributed by atoms with Gasteiger partial charge in [0.15, 0.2) is 0 Å². The molecule has 0 spiro atoms. The molecule has 5 heteroatoms. The Hall–Kier alpha value is 0.650. The van der Waals surface area contributed by atoms with E-state index in [1.165, 1.54) is 0 Å². The number of rotatable bonds is 0. The summed E-state index contributed by atoms with van der Waals surface area (Å²) < 4.78 is 0. The number of nitrogens with two attached hydrogens (primary N) is 1. The second kappa shape index (κ2) is 9.17. The van der Waals surface area contributed by atoms with E-state index in [2.05, 4.69) is 18.0 Å². The van der Waals surface area contributed by atoms with Gasteiger partial charge in [0, 0.05) is 5.17 Å². The second-order valence-electron chi connectivity index (χ2n) is 0.319. The molecule has 0 aliphatic heterocycles. The fourth-order valence-electron chi connectivity index (χ4n) is 0. The SMILES string of the molecule is NC([O-])=S.O.[Na+]. The molecule has 4 N–H and O–H groups in total. The first-order valence-electron chi connectivity index (χ1n) is 0.697. The van der Waals surface area contributed by atoms with E-state index in [1.807, 2.05) is 0 Å². The minimum absolute atomic E-state index is 0. The molecule has 0 aliphatic rings. The van der Waals surface area contributed by atoms with Gasteiger partial charge in [-0.25, -0.2) is 0 Å². The van der Waals surface area contributed by atoms with Crippen molar-refractivity contribution < 1.29 is 40.1 Å². The van der Waals surface area contributed by atoms with Crippen LogP contribution in [0.25, 0.3) is 0 Å². The van der Waals surface area contributed by atoms with E-state index in [-0.39, 0.29) is 35.0 Å². The van der Waals surface area contributed by atoms with Crippen LogP contribution < -0.4 is 40.4 Å². The monoisotopic (exact) mass is 117 g/mol. The molecule has 0 saturated carbocycles. The van der Waals surface area contributed by atoms with Crippen LogP contribution in [0.15, 0.2) is 0 Å². The summed E-state index contributed by atoms with van der Waals surface area (Å²) in [7, 11) is 0. The van der Waals surface area contributed by atoms with Gasteiger partial charge in [-0.15, -0.1) is 0 Å². The first kappa shape index (κ1) is 15.9. The Morgan fingerprint density at radius 3 is 1.67 bits per heavy atom. The number of hydrogen-bond acceptors (Lipinski definition) is 2. The molecular formula is CH4NNaO2S. The quantitative estimate of drug-likeness (QED) is 0.254. The van der Waals surface area contributed by atoms with Crippen molar-refractivity contribution in [2.24, 2.45) is 5.73 Å². The molecule has 0 bridgehead atoms. The minimum Gasteiger partial charge on any atom is -0.852 e. The topological polar surface area (TPSA) is 80.6 Å². The van der Waals surface area contributed by atoms with Gasteiger partial charge >= 0.3 is 29.6 Å². The summed E-state index contributed by atoms with van der Waals surface area (Å²) in [6, 6.07) is 0. The van der Waals surface area contributed by atoms with E-state index in [0.717, 1.165) is 0 Å². The molecular weight excluding hydrogens is 113 g/mol. The van der Waals surface area contributed by atoms with Gasteiger partial charge in [0.1, 0.15) is 0 Å². The van der Waals surface area contributed by atoms with Crippen molar-refractivity contribution in [3.63, 3.8) is 0 Å². The molecule has 32 valence electrons. The zero-order valence-corrected chi connectivity index (χ0v) is 6.21. The minimum atomic E-state index is -0.750. The van der Waals surface area contributed by atoms with Crippen molar-refractivity contribution in [1.29, 1.82) is 0 Å². The maximum Gasteiger partial charge on any atom is 1.00 e. The molecule has 0 aliphatic carbocycles. The summed E-state index contributed by atoms with van der Waals surface area (Å²) >= 11 is 3.76. The van der Waals surface area contributed by atoms with Crippen LogP contribution in [0.3, 0.4) is 0 Å². The largest absolute Gasteiger partial charge is 1.00 e. The van der Waals surface area contributed by atoms with Gasteiger partial charge in [0.05, 0.1) is 0 Å². The Kier molecular flexibility index (Phi) is 24.4. The average Bonchev–Trinajstić information content (AvgIpc) is 0.811. The molecule has 0 aromatic carbocycles. The molecule has 0 saturated heterocycles. The van der Waals surface area contributed by atoms with Crippen LogP contribution in [-0.4, -0.2) is 10.7 Å². The molecule has 0 unspecified atom stereocenters. The third-order valence-electron chi connectivity index (χ3n) is 0. The van der Waals surface area contributed by atoms with Crippen molar-refractivity contribution in [3.05, 3.63) is 0 Å². The van der Waals surface area contributed by atoms with E-state index >= 15 is 0 Å². The molecule has 0 fully saturated rings. The van der Waals surface area contributed by atoms with E-state index in [1.54, 1.807) is 0 Å². The van der Waals surface area contributed by atoms with Crippen LogP contribution in [0.4, 0.5) is 0 Å². The van der Waals surface area contributed by atoms with Gasteiger partial charge in [-0.2, -0.15) is 0 Å². The molecule has 0 atom stereocenters. The van der Waals surface area contributed by atoms with Gasteiger partial charge < -0.3 is 16.3 Å². The summed E-state index contributed by atoms with van der Waals surface area (Å²) in [5.74, 6) is 0. The molecule has 3 nitrogen and oxygen atoms in total. The predicted octanol–water partition coefficient (Wildman–Crippen LogP) is -5.23. The third-order valence-corrected chi connectivity index (χ3v) is 0. The average molecular weight is 117 g/mol. The van der Waals surface area contributed by atoms with E-state index < -0.39 is 5.17 Å². The molecule has 6 heavy (non-hydrogen) atoms. The maximum absolute atomic E-state index is 9.04. The summed E-state index contributed by atoms with van der Waals surface area (Å²) in [6.45, 7) is 0. The Bertz CT molecular complexity index is 36.5. The van der Waals surface area contributed by atoms with Crippen molar-refractivity contribution >= 4 is 17.4 Å². The zero-order valence-electron chi connectivity index (χ0n) is 3.39. The normalized spacial score (nSPS) is 4.00. The van der Waals surface area contributed by atoms with Crippen LogP contribution >= 0.6 is 12.2 Å². The molecule has 0 radical (unpaired) electrons. The second-order valence-corrected chi connectivity index (χ2v) is 0.721. The predicted molar refractivity (Wildman–Crippen MR) is 20.4 cm³/mol. The Balaban J connectivity index is -0.0000000450. The molecule has 0 rings (SSSR count). The van der Waals surface area contributed by atoms with Gasteiger partial charge in [0.25, 0.3) is 0 Å². The fourth-order valence-corrected chi connectivity index (χ4v) is 0. The van der Waals surface area contributed by atoms with Gasteiger partial charge in [-0.1, -0.05) is 12.2 Å². The van der Waals surface area contributed by atoms with Crippen LogP contribution in [0.5, 0.6) is 0 Å². The standard InChI is InChI=1S/CH3NOS.Na.H2O/c2-1(3)4;;/h(H3,2,3,4);;1H2/q;+1;/p-1. The number of thiocarbonyl (C=S) groups is 1. The molecule has 0 aromatic heterocycles. The summed E-state index contributed by atoms with van der Waals surface area (Å²) in [5.41, 5.74) is 4.29. The Morgan fingerprint density at radius 1 is 1.67 bits per heavy atom. The van der Waals surface area contributed by atoms with Gasteiger partial charge in [-0.05, 0) is 0 Å². The van der Waals surface area contributed by atoms with E-state index in [0.29, 0.717) is 0 Å². The molecule has 0 aromatic rings. The van der Waals surface area contributed by atoms with Crippen LogP contribution in [0.2, 0.25) is 0 Å². The smallest absolute Gasteiger partial charge is 0.852 e. The Labute approximate surface area is 63.1 Å². The van der Waals surface area contributed by atoms with Crippen molar-refractivity contribution in [1.82, 2.24) is 0 Å². The zero-order chi connectivity index (χ0) is 3.58. The van der Waals surface area contributed by atoms with Gasteiger partial charge in [0.2, 0.25) is 0 Å². The first-order valence-corrected chi connectivity index (χ1v) is 1.11. The van der Waals surface area contributed by atoms with Gasteiger partial charge in [-0.3, -0.25) is 0 Å². The summed E-state index contributed by atoms with van der Waals surface area (Å²) in [4.78, 5) is 0. The maximum atomic E-state index is 9.04. The third kappa shape index (κ3) is 147. The first-order chi connectivity index (χ1) is 1.73. The fraction of sp³-hybridized carbons (Fsp3) is 0. The van der Waals surface area contributed by atoms with Crippen molar-refractivity contribution in [3.8, 4) is 0 Å². The summed E-state index contributed by atoms with van der Waals surface area (Å²) in [5, 5.41) is 8.29.